The van der Waals surface area contributed by atoms with Crippen LogP contribution in [0.15, 0.2) is 46.9 Å². The van der Waals surface area contributed by atoms with E-state index in [0.717, 1.165) is 34.3 Å². The SMILES string of the molecule is O=Cc1ccc2c(c1)CN(c1ccc(Br)cc1)CO2. The average molecular weight is 318 g/mol. The standard InChI is InChI=1S/C15H12BrNO2/c16-13-2-4-14(5-3-13)17-8-12-7-11(9-18)1-6-15(12)19-10-17/h1-7,9H,8,10H2. The Morgan fingerprint density at radius 1 is 1.16 bits per heavy atom. The molecule has 3 rings (SSSR count). The monoisotopic (exact) mass is 317 g/mol. The van der Waals surface area contributed by atoms with Gasteiger partial charge in [0.1, 0.15) is 12.0 Å². The van der Waals surface area contributed by atoms with E-state index in [9.17, 15) is 4.79 Å². The number of fused-ring (bicyclic) bond motifs is 1. The van der Waals surface area contributed by atoms with Crippen LogP contribution in [0.3, 0.4) is 0 Å². The lowest BCUT2D eigenvalue weighted by Crippen LogP contribution is -2.31. The molecule has 0 amide bonds. The zero-order chi connectivity index (χ0) is 13.2. The van der Waals surface area contributed by atoms with E-state index in [-0.39, 0.29) is 0 Å². The number of carbonyl (C=O) groups excluding carboxylic acids is 1. The molecule has 1 heterocycles. The van der Waals surface area contributed by atoms with Gasteiger partial charge >= 0.3 is 0 Å². The van der Waals surface area contributed by atoms with Gasteiger partial charge in [0.15, 0.2) is 6.73 Å². The Labute approximate surface area is 119 Å². The fourth-order valence-electron chi connectivity index (χ4n) is 2.15. The molecule has 1 aliphatic heterocycles. The van der Waals surface area contributed by atoms with Crippen molar-refractivity contribution in [1.29, 1.82) is 0 Å². The van der Waals surface area contributed by atoms with E-state index in [0.29, 0.717) is 12.3 Å². The topological polar surface area (TPSA) is 29.5 Å². The highest BCUT2D eigenvalue weighted by Crippen LogP contribution is 2.29. The van der Waals surface area contributed by atoms with Crippen molar-refractivity contribution < 1.29 is 9.53 Å². The van der Waals surface area contributed by atoms with Crippen molar-refractivity contribution >= 4 is 27.9 Å². The fraction of sp³-hybridized carbons (Fsp3) is 0.133. The van der Waals surface area contributed by atoms with Gasteiger partial charge in [0.05, 0.1) is 0 Å². The van der Waals surface area contributed by atoms with Gasteiger partial charge in [0.2, 0.25) is 0 Å². The van der Waals surface area contributed by atoms with Crippen LogP contribution in [0.4, 0.5) is 5.69 Å². The second-order valence-corrected chi connectivity index (χ2v) is 5.35. The van der Waals surface area contributed by atoms with Crippen LogP contribution in [-0.2, 0) is 6.54 Å². The molecule has 0 saturated carbocycles. The predicted molar refractivity (Wildman–Crippen MR) is 77.6 cm³/mol. The molecule has 0 N–H and O–H groups in total. The second kappa shape index (κ2) is 5.05. The smallest absolute Gasteiger partial charge is 0.161 e. The van der Waals surface area contributed by atoms with Crippen LogP contribution in [0.25, 0.3) is 0 Å². The van der Waals surface area contributed by atoms with Gasteiger partial charge in [-0.1, -0.05) is 15.9 Å². The minimum atomic E-state index is 0.523. The number of aldehydes is 1. The van der Waals surface area contributed by atoms with Gasteiger partial charge in [-0.2, -0.15) is 0 Å². The molecule has 3 nitrogen and oxygen atoms in total. The quantitative estimate of drug-likeness (QED) is 0.792. The lowest BCUT2D eigenvalue weighted by molar-refractivity contribution is 0.112. The van der Waals surface area contributed by atoms with E-state index in [2.05, 4.69) is 20.8 Å². The third kappa shape index (κ3) is 2.49. The van der Waals surface area contributed by atoms with E-state index in [1.165, 1.54) is 0 Å². The van der Waals surface area contributed by atoms with Crippen LogP contribution in [0.5, 0.6) is 5.75 Å². The van der Waals surface area contributed by atoms with E-state index in [1.807, 2.05) is 36.4 Å². The van der Waals surface area contributed by atoms with Crippen molar-refractivity contribution in [3.8, 4) is 5.75 Å². The Balaban J connectivity index is 1.88. The molecule has 1 aliphatic rings. The van der Waals surface area contributed by atoms with Crippen LogP contribution >= 0.6 is 15.9 Å². The number of halogens is 1. The highest BCUT2D eigenvalue weighted by molar-refractivity contribution is 9.10. The average Bonchev–Trinajstić information content (AvgIpc) is 2.47. The molecular formula is C15H12BrNO2. The molecule has 19 heavy (non-hydrogen) atoms. The maximum absolute atomic E-state index is 10.8. The molecule has 0 unspecified atom stereocenters. The molecule has 0 atom stereocenters. The Kier molecular flexibility index (Phi) is 3.25. The van der Waals surface area contributed by atoms with Crippen LogP contribution in [0, 0.1) is 0 Å². The fourth-order valence-corrected chi connectivity index (χ4v) is 2.42. The van der Waals surface area contributed by atoms with Crippen molar-refractivity contribution in [1.82, 2.24) is 0 Å². The molecule has 2 aromatic carbocycles. The van der Waals surface area contributed by atoms with Gasteiger partial charge < -0.3 is 9.64 Å². The number of carbonyl (C=O) groups is 1. The summed E-state index contributed by atoms with van der Waals surface area (Å²) in [6.07, 6.45) is 0.860. The number of ether oxygens (including phenoxy) is 1. The maximum Gasteiger partial charge on any atom is 0.161 e. The van der Waals surface area contributed by atoms with Gasteiger partial charge in [-0.15, -0.1) is 0 Å². The van der Waals surface area contributed by atoms with Crippen LogP contribution in [-0.4, -0.2) is 13.0 Å². The Bertz CT molecular complexity index is 610. The molecule has 0 saturated heterocycles. The van der Waals surface area contributed by atoms with Crippen molar-refractivity contribution in [3.05, 3.63) is 58.1 Å². The van der Waals surface area contributed by atoms with Crippen molar-refractivity contribution in [2.45, 2.75) is 6.54 Å². The minimum absolute atomic E-state index is 0.523. The summed E-state index contributed by atoms with van der Waals surface area (Å²) in [6.45, 7) is 1.27. The molecule has 0 aliphatic carbocycles. The summed E-state index contributed by atoms with van der Waals surface area (Å²) >= 11 is 3.43. The summed E-state index contributed by atoms with van der Waals surface area (Å²) in [7, 11) is 0. The predicted octanol–water partition coefficient (Wildman–Crippen LogP) is 3.62. The van der Waals surface area contributed by atoms with Crippen molar-refractivity contribution in [3.63, 3.8) is 0 Å². The first-order valence-corrected chi connectivity index (χ1v) is 6.77. The third-order valence-corrected chi connectivity index (χ3v) is 3.68. The summed E-state index contributed by atoms with van der Waals surface area (Å²) < 4.78 is 6.77. The maximum atomic E-state index is 10.8. The number of rotatable bonds is 2. The Morgan fingerprint density at radius 2 is 1.95 bits per heavy atom. The first-order valence-electron chi connectivity index (χ1n) is 5.98. The molecule has 0 spiro atoms. The molecule has 0 fully saturated rings. The third-order valence-electron chi connectivity index (χ3n) is 3.15. The first kappa shape index (κ1) is 12.2. The normalized spacial score (nSPS) is 13.6. The largest absolute Gasteiger partial charge is 0.473 e. The second-order valence-electron chi connectivity index (χ2n) is 4.43. The van der Waals surface area contributed by atoms with Crippen LogP contribution in [0.1, 0.15) is 15.9 Å². The number of hydrogen-bond acceptors (Lipinski definition) is 3. The number of nitrogens with zero attached hydrogens (tertiary/aromatic N) is 1. The van der Waals surface area contributed by atoms with Gasteiger partial charge in [0, 0.05) is 27.8 Å². The molecule has 0 bridgehead atoms. The van der Waals surface area contributed by atoms with Gasteiger partial charge in [-0.3, -0.25) is 4.79 Å². The van der Waals surface area contributed by atoms with E-state index in [4.69, 9.17) is 4.74 Å². The van der Waals surface area contributed by atoms with Gasteiger partial charge in [0.25, 0.3) is 0 Å². The highest BCUT2D eigenvalue weighted by atomic mass is 79.9. The van der Waals surface area contributed by atoms with E-state index < -0.39 is 0 Å². The first-order chi connectivity index (χ1) is 9.26. The van der Waals surface area contributed by atoms with Crippen molar-refractivity contribution in [2.24, 2.45) is 0 Å². The Morgan fingerprint density at radius 3 is 2.68 bits per heavy atom. The van der Waals surface area contributed by atoms with Gasteiger partial charge in [-0.25, -0.2) is 0 Å². The zero-order valence-electron chi connectivity index (χ0n) is 10.2. The Hall–Kier alpha value is -1.81. The summed E-state index contributed by atoms with van der Waals surface area (Å²) in [5.41, 5.74) is 2.82. The lowest BCUT2D eigenvalue weighted by atomic mass is 10.1. The molecule has 4 heteroatoms. The molecule has 96 valence electrons. The molecular weight excluding hydrogens is 306 g/mol. The van der Waals surface area contributed by atoms with E-state index in [1.54, 1.807) is 6.07 Å². The number of anilines is 1. The summed E-state index contributed by atoms with van der Waals surface area (Å²) in [4.78, 5) is 12.9. The van der Waals surface area contributed by atoms with Gasteiger partial charge in [-0.05, 0) is 42.5 Å². The zero-order valence-corrected chi connectivity index (χ0v) is 11.8. The highest BCUT2D eigenvalue weighted by Gasteiger charge is 2.17. The van der Waals surface area contributed by atoms with E-state index >= 15 is 0 Å². The number of hydrogen-bond donors (Lipinski definition) is 0. The minimum Gasteiger partial charge on any atom is -0.473 e. The summed E-state index contributed by atoms with van der Waals surface area (Å²) in [6, 6.07) is 13.6. The molecule has 0 aromatic heterocycles. The van der Waals surface area contributed by atoms with Crippen molar-refractivity contribution in [2.75, 3.05) is 11.6 Å². The molecule has 2 aromatic rings. The summed E-state index contributed by atoms with van der Waals surface area (Å²) in [5.74, 6) is 0.860. The van der Waals surface area contributed by atoms with Crippen LogP contribution in [0.2, 0.25) is 0 Å². The number of benzene rings is 2. The van der Waals surface area contributed by atoms with Crippen LogP contribution < -0.4 is 9.64 Å². The summed E-state index contributed by atoms with van der Waals surface area (Å²) in [5, 5.41) is 0. The lowest BCUT2D eigenvalue weighted by Gasteiger charge is -2.30. The molecule has 0 radical (unpaired) electrons.